The Labute approximate surface area is 359 Å². The molecule has 0 spiro atoms. The molecule has 0 radical (unpaired) electrons. The summed E-state index contributed by atoms with van der Waals surface area (Å²) in [5, 5.41) is 9.75. The highest BCUT2D eigenvalue weighted by atomic mass is 31.2. The number of allylic oxidation sites excluding steroid dienone is 9. The van der Waals surface area contributed by atoms with Crippen LogP contribution in [0.4, 0.5) is 0 Å². The number of aliphatic hydroxyl groups excluding tert-OH is 1. The van der Waals surface area contributed by atoms with Gasteiger partial charge in [0, 0.05) is 12.8 Å². The molecule has 346 valence electrons. The molecule has 3 unspecified atom stereocenters. The van der Waals surface area contributed by atoms with Crippen molar-refractivity contribution in [3.63, 3.8) is 0 Å². The second kappa shape index (κ2) is 36.3. The van der Waals surface area contributed by atoms with Gasteiger partial charge in [0.15, 0.2) is 6.10 Å². The van der Waals surface area contributed by atoms with Crippen molar-refractivity contribution in [3.8, 4) is 0 Å². The third kappa shape index (κ3) is 36.4. The van der Waals surface area contributed by atoms with Gasteiger partial charge in [0.1, 0.15) is 12.7 Å². The number of unbranched alkanes of at least 4 members (excludes halogenated alkanes) is 11. The lowest BCUT2D eigenvalue weighted by atomic mass is 10.1. The average molecular weight is 891 g/mol. The molecule has 14 nitrogen and oxygen atoms in total. The Morgan fingerprint density at radius 1 is 0.583 bits per heavy atom. The summed E-state index contributed by atoms with van der Waals surface area (Å²) >= 11 is 0. The number of carbonyl (C=O) groups excluding carboxylic acids is 2. The van der Waals surface area contributed by atoms with Crippen molar-refractivity contribution in [2.24, 2.45) is 0 Å². The van der Waals surface area contributed by atoms with E-state index in [-0.39, 0.29) is 12.8 Å². The molecule has 0 aliphatic carbocycles. The molecule has 0 bridgehead atoms. The van der Waals surface area contributed by atoms with E-state index >= 15 is 0 Å². The van der Waals surface area contributed by atoms with Gasteiger partial charge < -0.3 is 34.0 Å². The Bertz CT molecular complexity index is 1360. The van der Waals surface area contributed by atoms with E-state index in [1.165, 1.54) is 44.9 Å². The first kappa shape index (κ1) is 55.8. The van der Waals surface area contributed by atoms with Gasteiger partial charge in [-0.25, -0.2) is 9.13 Å². The Balaban J connectivity index is 2.40. The number of phosphoric acid groups is 2. The van der Waals surface area contributed by atoms with Crippen molar-refractivity contribution >= 4 is 27.6 Å². The summed E-state index contributed by atoms with van der Waals surface area (Å²) in [5.74, 6) is -1.12. The second-order valence-electron chi connectivity index (χ2n) is 15.0. The van der Waals surface area contributed by atoms with Crippen LogP contribution >= 0.6 is 15.6 Å². The zero-order chi connectivity index (χ0) is 44.2. The third-order valence-electron chi connectivity index (χ3n) is 9.29. The highest BCUT2D eigenvalue weighted by Crippen LogP contribution is 2.44. The van der Waals surface area contributed by atoms with E-state index < -0.39 is 66.2 Å². The van der Waals surface area contributed by atoms with Gasteiger partial charge in [-0.05, 0) is 77.0 Å². The summed E-state index contributed by atoms with van der Waals surface area (Å²) in [4.78, 5) is 52.7. The van der Waals surface area contributed by atoms with Crippen LogP contribution in [0, 0.1) is 0 Å². The molecule has 60 heavy (non-hydrogen) atoms. The van der Waals surface area contributed by atoms with E-state index in [1.807, 2.05) is 12.2 Å². The average Bonchev–Trinajstić information content (AvgIpc) is 3.96. The van der Waals surface area contributed by atoms with Crippen molar-refractivity contribution in [2.45, 2.75) is 180 Å². The van der Waals surface area contributed by atoms with Gasteiger partial charge in [-0.15, -0.1) is 0 Å². The number of aliphatic hydroxyl groups is 1. The number of hydrogen-bond donors (Lipinski definition) is 4. The van der Waals surface area contributed by atoms with Crippen molar-refractivity contribution < 1.29 is 66.3 Å². The molecule has 0 aromatic rings. The molecule has 1 saturated heterocycles. The zero-order valence-electron chi connectivity index (χ0n) is 36.2. The van der Waals surface area contributed by atoms with E-state index in [0.717, 1.165) is 64.2 Å². The molecule has 4 N–H and O–H groups in total. The summed E-state index contributed by atoms with van der Waals surface area (Å²) in [6.45, 7) is 1.61. The van der Waals surface area contributed by atoms with Crippen molar-refractivity contribution in [3.05, 3.63) is 60.8 Å². The molecule has 0 amide bonds. The van der Waals surface area contributed by atoms with Crippen LogP contribution in [0.5, 0.6) is 0 Å². The smallest absolute Gasteiger partial charge is 0.462 e. The minimum Gasteiger partial charge on any atom is -0.462 e. The SMILES string of the molecule is CCCCC/C=C\C/C=C\CCCCCCCC(=O)O[C@H](COC(=O)CCC/C=C\C/C=C\C/C=C\CC1OC1CCCCC)COP(=O)(O)OC[C@@H](O)COP(=O)(O)O. The normalized spacial score (nSPS) is 18.0. The van der Waals surface area contributed by atoms with E-state index in [9.17, 15) is 28.7 Å². The Kier molecular flexibility index (Phi) is 33.7. The fraction of sp³-hybridized carbons (Fsp3) is 0.727. The zero-order valence-corrected chi connectivity index (χ0v) is 38.0. The summed E-state index contributed by atoms with van der Waals surface area (Å²) in [6.07, 6.45) is 39.6. The van der Waals surface area contributed by atoms with Crippen LogP contribution in [-0.2, 0) is 46.5 Å². The van der Waals surface area contributed by atoms with Gasteiger partial charge in [-0.2, -0.15) is 0 Å². The molecule has 1 rings (SSSR count). The molecule has 0 saturated carbocycles. The van der Waals surface area contributed by atoms with Gasteiger partial charge >= 0.3 is 27.6 Å². The molecule has 1 heterocycles. The van der Waals surface area contributed by atoms with Gasteiger partial charge in [-0.3, -0.25) is 23.2 Å². The molecule has 1 aliphatic heterocycles. The largest absolute Gasteiger partial charge is 0.472 e. The first-order valence-corrected chi connectivity index (χ1v) is 25.1. The van der Waals surface area contributed by atoms with Gasteiger partial charge in [0.25, 0.3) is 0 Å². The number of esters is 2. The van der Waals surface area contributed by atoms with Crippen molar-refractivity contribution in [2.75, 3.05) is 26.4 Å². The van der Waals surface area contributed by atoms with Crippen molar-refractivity contribution in [1.82, 2.24) is 0 Å². The molecular weight excluding hydrogens is 814 g/mol. The maximum Gasteiger partial charge on any atom is 0.472 e. The van der Waals surface area contributed by atoms with Crippen molar-refractivity contribution in [1.29, 1.82) is 0 Å². The Hall–Kier alpha value is -2.22. The minimum absolute atomic E-state index is 0.0989. The fourth-order valence-electron chi connectivity index (χ4n) is 5.82. The predicted molar refractivity (Wildman–Crippen MR) is 234 cm³/mol. The van der Waals surface area contributed by atoms with E-state index in [2.05, 4.69) is 71.5 Å². The molecule has 0 aromatic heterocycles. The number of epoxide rings is 1. The van der Waals surface area contributed by atoms with Crippen LogP contribution in [0.15, 0.2) is 60.8 Å². The third-order valence-corrected chi connectivity index (χ3v) is 10.7. The Morgan fingerprint density at radius 3 is 1.75 bits per heavy atom. The van der Waals surface area contributed by atoms with Crippen LogP contribution in [0.1, 0.15) is 155 Å². The van der Waals surface area contributed by atoms with Gasteiger partial charge in [0.2, 0.25) is 0 Å². The number of phosphoric ester groups is 2. The molecule has 5 atom stereocenters. The maximum absolute atomic E-state index is 12.7. The van der Waals surface area contributed by atoms with Crippen LogP contribution in [0.25, 0.3) is 0 Å². The monoisotopic (exact) mass is 890 g/mol. The number of ether oxygens (including phenoxy) is 3. The summed E-state index contributed by atoms with van der Waals surface area (Å²) in [7, 11) is -9.70. The summed E-state index contributed by atoms with van der Waals surface area (Å²) < 4.78 is 53.4. The maximum atomic E-state index is 12.7. The fourth-order valence-corrected chi connectivity index (χ4v) is 6.97. The number of rotatable bonds is 40. The quantitative estimate of drug-likeness (QED) is 0.0148. The summed E-state index contributed by atoms with van der Waals surface area (Å²) in [5.41, 5.74) is 0. The number of hydrogen-bond acceptors (Lipinski definition) is 11. The predicted octanol–water partition coefficient (Wildman–Crippen LogP) is 10.2. The lowest BCUT2D eigenvalue weighted by molar-refractivity contribution is -0.161. The van der Waals surface area contributed by atoms with E-state index in [4.69, 9.17) is 28.5 Å². The molecule has 1 aliphatic rings. The lowest BCUT2D eigenvalue weighted by Gasteiger charge is -2.20. The van der Waals surface area contributed by atoms with Crippen LogP contribution < -0.4 is 0 Å². The highest BCUT2D eigenvalue weighted by Gasteiger charge is 2.36. The van der Waals surface area contributed by atoms with Crippen LogP contribution in [0.3, 0.4) is 0 Å². The number of carbonyl (C=O) groups is 2. The van der Waals surface area contributed by atoms with Crippen LogP contribution in [0.2, 0.25) is 0 Å². The molecular formula is C44H76O14P2. The summed E-state index contributed by atoms with van der Waals surface area (Å²) in [6, 6.07) is 0. The molecule has 0 aromatic carbocycles. The topological polar surface area (TPSA) is 208 Å². The molecule has 16 heteroatoms. The second-order valence-corrected chi connectivity index (χ2v) is 17.7. The molecule has 1 fully saturated rings. The van der Waals surface area contributed by atoms with Gasteiger partial charge in [0.05, 0.1) is 32.0 Å². The lowest BCUT2D eigenvalue weighted by Crippen LogP contribution is -2.30. The van der Waals surface area contributed by atoms with E-state index in [0.29, 0.717) is 31.5 Å². The minimum atomic E-state index is -4.87. The van der Waals surface area contributed by atoms with E-state index in [1.54, 1.807) is 0 Å². The highest BCUT2D eigenvalue weighted by molar-refractivity contribution is 7.47. The Morgan fingerprint density at radius 2 is 1.10 bits per heavy atom. The van der Waals surface area contributed by atoms with Gasteiger partial charge in [-0.1, -0.05) is 126 Å². The van der Waals surface area contributed by atoms with Crippen LogP contribution in [-0.4, -0.2) is 82.6 Å². The first-order chi connectivity index (χ1) is 28.8. The standard InChI is InChI=1S/C44H76O14P2/c1-3-5-7-8-9-10-11-12-13-14-15-20-23-26-30-34-44(47)57-40(38-56-60(51,52)55-36-39(45)35-54-59(48,49)50)37-53-43(46)33-29-25-22-19-17-16-18-21-24-28-32-42-41(58-42)31-27-6-4-2/h9-10,12-13,16,18-19,22,24,28,39-42,45H,3-8,11,14-15,17,20-21,23,25-27,29-38H2,1-2H3,(H,51,52)(H2,48,49,50)/b10-9-,13-12-,18-16-,22-19-,28-24-/t39-,40+,41?,42?/m0/s1. The first-order valence-electron chi connectivity index (χ1n) is 22.1.